The number of rotatable bonds is 2. The molecule has 82 valence electrons. The third kappa shape index (κ3) is 2.70. The Morgan fingerprint density at radius 2 is 2.06 bits per heavy atom. The maximum absolute atomic E-state index is 7.11. The van der Waals surface area contributed by atoms with Crippen LogP contribution in [0.25, 0.3) is 11.3 Å². The zero-order valence-electron chi connectivity index (χ0n) is 8.20. The Kier molecular flexibility index (Phi) is 3.39. The van der Waals surface area contributed by atoms with E-state index >= 15 is 0 Å². The minimum Gasteiger partial charge on any atom is -0.370 e. The monoisotopic (exact) mass is 344 g/mol. The predicted octanol–water partition coefficient (Wildman–Crippen LogP) is 2.72. The van der Waals surface area contributed by atoms with Gasteiger partial charge in [-0.1, -0.05) is 12.1 Å². The van der Waals surface area contributed by atoms with Gasteiger partial charge in [0, 0.05) is 14.5 Å². The van der Waals surface area contributed by atoms with E-state index < -0.39 is 0 Å². The summed E-state index contributed by atoms with van der Waals surface area (Å²) in [6, 6.07) is 8.11. The van der Waals surface area contributed by atoms with Gasteiger partial charge < -0.3 is 11.1 Å². The molecule has 1 aromatic carbocycles. The molecule has 0 atom stereocenters. The molecule has 0 aliphatic carbocycles. The molecule has 4 nitrogen and oxygen atoms in total. The summed E-state index contributed by atoms with van der Waals surface area (Å²) < 4.78 is 1.19. The maximum Gasteiger partial charge on any atom is 0.192 e. The summed E-state index contributed by atoms with van der Waals surface area (Å²) in [6.45, 7) is 0. The molecule has 6 heteroatoms. The first-order chi connectivity index (χ1) is 7.65. The average Bonchev–Trinajstić information content (AvgIpc) is 2.66. The molecule has 4 N–H and O–H groups in total. The number of nitrogens with zero attached hydrogens (tertiary/aromatic N) is 1. The molecule has 0 amide bonds. The van der Waals surface area contributed by atoms with Gasteiger partial charge in [-0.05, 0) is 34.7 Å². The molecule has 0 fully saturated rings. The number of benzene rings is 1. The normalized spacial score (nSPS) is 10.1. The average molecular weight is 344 g/mol. The minimum atomic E-state index is -0.0940. The van der Waals surface area contributed by atoms with Crippen molar-refractivity contribution in [2.24, 2.45) is 5.73 Å². The Bertz CT molecular complexity index is 506. The van der Waals surface area contributed by atoms with E-state index in [1.807, 2.05) is 29.6 Å². The first-order valence-corrected chi connectivity index (χ1v) is 6.43. The van der Waals surface area contributed by atoms with Crippen molar-refractivity contribution in [1.29, 1.82) is 5.41 Å². The van der Waals surface area contributed by atoms with Crippen LogP contribution in [-0.2, 0) is 0 Å². The number of thiazole rings is 1. The lowest BCUT2D eigenvalue weighted by atomic mass is 10.2. The van der Waals surface area contributed by atoms with Crippen LogP contribution in [0.1, 0.15) is 0 Å². The molecule has 0 radical (unpaired) electrons. The Morgan fingerprint density at radius 3 is 2.69 bits per heavy atom. The van der Waals surface area contributed by atoms with Crippen LogP contribution in [0.5, 0.6) is 0 Å². The quantitative estimate of drug-likeness (QED) is 0.446. The third-order valence-corrected chi connectivity index (χ3v) is 3.36. The lowest BCUT2D eigenvalue weighted by Gasteiger charge is -1.97. The van der Waals surface area contributed by atoms with E-state index in [2.05, 4.69) is 32.9 Å². The highest BCUT2D eigenvalue weighted by molar-refractivity contribution is 14.1. The molecule has 0 bridgehead atoms. The second kappa shape index (κ2) is 4.79. The van der Waals surface area contributed by atoms with Crippen LogP contribution < -0.4 is 11.1 Å². The molecule has 0 spiro atoms. The standard InChI is InChI=1S/C10H9IN4S/c11-7-3-1-6(2-4-7)8-5-16-10(14-8)15-9(12)13/h1-5H,(H4,12,13,14,15). The fraction of sp³-hybridized carbons (Fsp3) is 0. The van der Waals surface area contributed by atoms with Crippen molar-refractivity contribution in [2.75, 3.05) is 5.32 Å². The van der Waals surface area contributed by atoms with Gasteiger partial charge in [-0.3, -0.25) is 5.41 Å². The van der Waals surface area contributed by atoms with Crippen molar-refractivity contribution in [1.82, 2.24) is 4.98 Å². The van der Waals surface area contributed by atoms with Crippen molar-refractivity contribution in [3.63, 3.8) is 0 Å². The maximum atomic E-state index is 7.11. The van der Waals surface area contributed by atoms with Crippen LogP contribution in [0.2, 0.25) is 0 Å². The highest BCUT2D eigenvalue weighted by atomic mass is 127. The van der Waals surface area contributed by atoms with E-state index in [0.29, 0.717) is 5.13 Å². The Balaban J connectivity index is 2.24. The number of nitrogens with one attached hydrogen (secondary N) is 2. The number of halogens is 1. The summed E-state index contributed by atoms with van der Waals surface area (Å²) in [4.78, 5) is 4.33. The molecule has 2 rings (SSSR count). The predicted molar refractivity (Wildman–Crippen MR) is 75.8 cm³/mol. The highest BCUT2D eigenvalue weighted by Crippen LogP contribution is 2.25. The topological polar surface area (TPSA) is 74.8 Å². The molecule has 1 heterocycles. The van der Waals surface area contributed by atoms with E-state index in [1.165, 1.54) is 14.9 Å². The van der Waals surface area contributed by atoms with Gasteiger partial charge in [0.15, 0.2) is 11.1 Å². The van der Waals surface area contributed by atoms with Crippen molar-refractivity contribution in [3.05, 3.63) is 33.2 Å². The lowest BCUT2D eigenvalue weighted by molar-refractivity contribution is 1.35. The molecule has 0 aliphatic rings. The Hall–Kier alpha value is -1.15. The van der Waals surface area contributed by atoms with Gasteiger partial charge in [0.2, 0.25) is 0 Å². The Labute approximate surface area is 111 Å². The fourth-order valence-corrected chi connectivity index (χ4v) is 2.29. The van der Waals surface area contributed by atoms with Crippen LogP contribution in [0.4, 0.5) is 5.13 Å². The van der Waals surface area contributed by atoms with Crippen LogP contribution in [0.3, 0.4) is 0 Å². The van der Waals surface area contributed by atoms with Gasteiger partial charge in [0.25, 0.3) is 0 Å². The SMILES string of the molecule is N=C(N)Nc1nc(-c2ccc(I)cc2)cs1. The second-order valence-corrected chi connectivity index (χ2v) is 5.19. The smallest absolute Gasteiger partial charge is 0.192 e. The number of hydrogen-bond donors (Lipinski definition) is 3. The second-order valence-electron chi connectivity index (χ2n) is 3.08. The van der Waals surface area contributed by atoms with Crippen LogP contribution in [0.15, 0.2) is 29.6 Å². The summed E-state index contributed by atoms with van der Waals surface area (Å²) >= 11 is 3.69. The van der Waals surface area contributed by atoms with Crippen molar-refractivity contribution >= 4 is 45.0 Å². The first kappa shape index (κ1) is 11.3. The third-order valence-electron chi connectivity index (χ3n) is 1.89. The van der Waals surface area contributed by atoms with Gasteiger partial charge in [-0.15, -0.1) is 11.3 Å². The zero-order chi connectivity index (χ0) is 11.5. The fourth-order valence-electron chi connectivity index (χ4n) is 1.20. The summed E-state index contributed by atoms with van der Waals surface area (Å²) in [5.74, 6) is -0.0940. The van der Waals surface area contributed by atoms with Gasteiger partial charge in [-0.25, -0.2) is 4.98 Å². The molecular formula is C10H9IN4S. The zero-order valence-corrected chi connectivity index (χ0v) is 11.2. The molecule has 0 aliphatic heterocycles. The number of nitrogens with two attached hydrogens (primary N) is 1. The molecule has 1 aromatic heterocycles. The van der Waals surface area contributed by atoms with Crippen LogP contribution in [-0.4, -0.2) is 10.9 Å². The van der Waals surface area contributed by atoms with Gasteiger partial charge in [0.05, 0.1) is 5.69 Å². The Morgan fingerprint density at radius 1 is 1.38 bits per heavy atom. The number of guanidine groups is 1. The molecule has 0 saturated carbocycles. The number of hydrogen-bond acceptors (Lipinski definition) is 3. The number of anilines is 1. The molecule has 0 saturated heterocycles. The van der Waals surface area contributed by atoms with E-state index in [9.17, 15) is 0 Å². The largest absolute Gasteiger partial charge is 0.370 e. The molecule has 16 heavy (non-hydrogen) atoms. The van der Waals surface area contributed by atoms with Crippen LogP contribution in [0, 0.1) is 8.98 Å². The van der Waals surface area contributed by atoms with E-state index in [1.54, 1.807) is 0 Å². The van der Waals surface area contributed by atoms with Gasteiger partial charge in [0.1, 0.15) is 0 Å². The number of aromatic nitrogens is 1. The molecule has 2 aromatic rings. The summed E-state index contributed by atoms with van der Waals surface area (Å²) in [5, 5.41) is 12.4. The summed E-state index contributed by atoms with van der Waals surface area (Å²) in [6.07, 6.45) is 0. The lowest BCUT2D eigenvalue weighted by Crippen LogP contribution is -2.20. The van der Waals surface area contributed by atoms with Gasteiger partial charge >= 0.3 is 0 Å². The summed E-state index contributed by atoms with van der Waals surface area (Å²) in [7, 11) is 0. The van der Waals surface area contributed by atoms with Crippen molar-refractivity contribution < 1.29 is 0 Å². The summed E-state index contributed by atoms with van der Waals surface area (Å²) in [5.41, 5.74) is 7.19. The van der Waals surface area contributed by atoms with Gasteiger partial charge in [-0.2, -0.15) is 0 Å². The molecular weight excluding hydrogens is 335 g/mol. The highest BCUT2D eigenvalue weighted by Gasteiger charge is 2.04. The minimum absolute atomic E-state index is 0.0940. The van der Waals surface area contributed by atoms with E-state index in [0.717, 1.165) is 11.3 Å². The first-order valence-electron chi connectivity index (χ1n) is 4.47. The van der Waals surface area contributed by atoms with E-state index in [-0.39, 0.29) is 5.96 Å². The van der Waals surface area contributed by atoms with E-state index in [4.69, 9.17) is 11.1 Å². The van der Waals surface area contributed by atoms with Crippen molar-refractivity contribution in [3.8, 4) is 11.3 Å². The van der Waals surface area contributed by atoms with Crippen LogP contribution >= 0.6 is 33.9 Å². The molecule has 0 unspecified atom stereocenters. The van der Waals surface area contributed by atoms with Crippen molar-refractivity contribution in [2.45, 2.75) is 0 Å².